The first-order chi connectivity index (χ1) is 13.8. The van der Waals surface area contributed by atoms with E-state index in [-0.39, 0.29) is 0 Å². The van der Waals surface area contributed by atoms with Crippen LogP contribution in [0.3, 0.4) is 0 Å². The number of nitrogens with one attached hydrogen (secondary N) is 1. The lowest BCUT2D eigenvalue weighted by Crippen LogP contribution is -2.33. The average molecular weight is 392 g/mol. The second-order valence-electron chi connectivity index (χ2n) is 6.83. The first-order valence-electron chi connectivity index (χ1n) is 9.31. The van der Waals surface area contributed by atoms with E-state index in [0.29, 0.717) is 11.6 Å². The maximum Gasteiger partial charge on any atom is 0.182 e. The molecule has 7 nitrogen and oxygen atoms in total. The third kappa shape index (κ3) is 2.99. The van der Waals surface area contributed by atoms with Crippen LogP contribution in [0, 0.1) is 0 Å². The van der Waals surface area contributed by atoms with Crippen LogP contribution in [0.4, 0.5) is 5.82 Å². The van der Waals surface area contributed by atoms with Crippen molar-refractivity contribution >= 4 is 28.3 Å². The molecule has 1 aliphatic rings. The predicted molar refractivity (Wildman–Crippen MR) is 110 cm³/mol. The molecule has 0 bridgehead atoms. The zero-order chi connectivity index (χ0) is 18.9. The largest absolute Gasteiger partial charge is 0.496 e. The number of methoxy groups -OCH3 is 1. The average Bonchev–Trinajstić information content (AvgIpc) is 3.43. The third-order valence-electron chi connectivity index (χ3n) is 5.25. The van der Waals surface area contributed by atoms with E-state index in [1.165, 1.54) is 5.01 Å². The van der Waals surface area contributed by atoms with E-state index < -0.39 is 0 Å². The van der Waals surface area contributed by atoms with Crippen molar-refractivity contribution in [2.24, 2.45) is 0 Å². The SMILES string of the molecule is COc1ccccc1-c1csc(C2CCN(c3ncnc4nc[nH]c34)CC2)n1. The number of hydrogen-bond donors (Lipinski definition) is 1. The van der Waals surface area contributed by atoms with Gasteiger partial charge in [-0.15, -0.1) is 11.3 Å². The van der Waals surface area contributed by atoms with Gasteiger partial charge in [0, 0.05) is 30.0 Å². The summed E-state index contributed by atoms with van der Waals surface area (Å²) in [6, 6.07) is 8.04. The molecule has 1 saturated heterocycles. The zero-order valence-electron chi connectivity index (χ0n) is 15.5. The van der Waals surface area contributed by atoms with E-state index in [0.717, 1.165) is 54.3 Å². The van der Waals surface area contributed by atoms with Crippen LogP contribution >= 0.6 is 11.3 Å². The number of anilines is 1. The second-order valence-corrected chi connectivity index (χ2v) is 7.72. The van der Waals surface area contributed by atoms with Crippen LogP contribution < -0.4 is 9.64 Å². The van der Waals surface area contributed by atoms with Gasteiger partial charge in [0.2, 0.25) is 0 Å². The van der Waals surface area contributed by atoms with Crippen molar-refractivity contribution in [1.82, 2.24) is 24.9 Å². The Balaban J connectivity index is 1.32. The molecule has 8 heteroatoms. The van der Waals surface area contributed by atoms with Crippen LogP contribution in [0.25, 0.3) is 22.4 Å². The molecule has 0 amide bonds. The van der Waals surface area contributed by atoms with Crippen molar-refractivity contribution in [3.05, 3.63) is 47.3 Å². The highest BCUT2D eigenvalue weighted by Gasteiger charge is 2.25. The summed E-state index contributed by atoms with van der Waals surface area (Å²) in [6.45, 7) is 1.89. The van der Waals surface area contributed by atoms with E-state index in [2.05, 4.69) is 36.3 Å². The summed E-state index contributed by atoms with van der Waals surface area (Å²) in [4.78, 5) is 23.3. The van der Waals surface area contributed by atoms with E-state index >= 15 is 0 Å². The first kappa shape index (κ1) is 17.1. The predicted octanol–water partition coefficient (Wildman–Crippen LogP) is 3.87. The lowest BCUT2D eigenvalue weighted by Gasteiger charge is -2.31. The summed E-state index contributed by atoms with van der Waals surface area (Å²) in [5.41, 5.74) is 3.67. The Hall–Kier alpha value is -3.00. The minimum absolute atomic E-state index is 0.476. The van der Waals surface area contributed by atoms with Gasteiger partial charge in [0.05, 0.1) is 24.1 Å². The van der Waals surface area contributed by atoms with Crippen molar-refractivity contribution in [2.45, 2.75) is 18.8 Å². The maximum absolute atomic E-state index is 5.48. The van der Waals surface area contributed by atoms with Gasteiger partial charge in [-0.1, -0.05) is 12.1 Å². The molecule has 3 aromatic heterocycles. The minimum Gasteiger partial charge on any atom is -0.496 e. The number of imidazole rings is 1. The number of fused-ring (bicyclic) bond motifs is 1. The summed E-state index contributed by atoms with van der Waals surface area (Å²) >= 11 is 1.74. The number of aromatic amines is 1. The standard InChI is InChI=1S/C20H20N6OS/c1-27-16-5-3-2-4-14(16)15-10-28-20(25-15)13-6-8-26(9-7-13)19-17-18(22-11-21-17)23-12-24-19/h2-5,10-13H,6-9H2,1H3,(H,21,22,23,24). The normalized spacial score (nSPS) is 15.2. The highest BCUT2D eigenvalue weighted by molar-refractivity contribution is 7.10. The van der Waals surface area contributed by atoms with Gasteiger partial charge in [0.1, 0.15) is 17.6 Å². The van der Waals surface area contributed by atoms with E-state index in [1.807, 2.05) is 18.2 Å². The van der Waals surface area contributed by atoms with Crippen molar-refractivity contribution in [1.29, 1.82) is 0 Å². The summed E-state index contributed by atoms with van der Waals surface area (Å²) < 4.78 is 5.48. The molecule has 142 valence electrons. The Labute approximate surface area is 166 Å². The zero-order valence-corrected chi connectivity index (χ0v) is 16.3. The number of nitrogens with zero attached hydrogens (tertiary/aromatic N) is 5. The quantitative estimate of drug-likeness (QED) is 0.568. The summed E-state index contributed by atoms with van der Waals surface area (Å²) in [5, 5.41) is 3.34. The molecule has 0 unspecified atom stereocenters. The number of thiazole rings is 1. The fourth-order valence-corrected chi connectivity index (χ4v) is 4.78. The van der Waals surface area contributed by atoms with Crippen molar-refractivity contribution in [2.75, 3.05) is 25.1 Å². The van der Waals surface area contributed by atoms with E-state index in [9.17, 15) is 0 Å². The van der Waals surface area contributed by atoms with Gasteiger partial charge >= 0.3 is 0 Å². The van der Waals surface area contributed by atoms with Crippen LogP contribution in [0.1, 0.15) is 23.8 Å². The lowest BCUT2D eigenvalue weighted by atomic mass is 9.97. The van der Waals surface area contributed by atoms with Crippen LogP contribution in [-0.2, 0) is 0 Å². The molecule has 1 aliphatic heterocycles. The monoisotopic (exact) mass is 392 g/mol. The fraction of sp³-hybridized carbons (Fsp3) is 0.300. The summed E-state index contributed by atoms with van der Waals surface area (Å²) in [7, 11) is 1.70. The number of aromatic nitrogens is 5. The molecule has 28 heavy (non-hydrogen) atoms. The Kier molecular flexibility index (Phi) is 4.40. The molecule has 0 radical (unpaired) electrons. The minimum atomic E-state index is 0.476. The molecule has 1 aromatic carbocycles. The van der Waals surface area contributed by atoms with Crippen LogP contribution in [0.5, 0.6) is 5.75 Å². The van der Waals surface area contributed by atoms with Gasteiger partial charge in [-0.25, -0.2) is 19.9 Å². The Morgan fingerprint density at radius 3 is 2.86 bits per heavy atom. The number of ether oxygens (including phenoxy) is 1. The molecule has 0 aliphatic carbocycles. The molecule has 0 saturated carbocycles. The van der Waals surface area contributed by atoms with E-state index in [4.69, 9.17) is 9.72 Å². The number of hydrogen-bond acceptors (Lipinski definition) is 7. The molecule has 0 spiro atoms. The molecule has 4 heterocycles. The maximum atomic E-state index is 5.48. The molecule has 0 atom stereocenters. The Morgan fingerprint density at radius 2 is 2.00 bits per heavy atom. The fourth-order valence-electron chi connectivity index (χ4n) is 3.79. The van der Waals surface area contributed by atoms with Gasteiger partial charge < -0.3 is 14.6 Å². The highest BCUT2D eigenvalue weighted by Crippen LogP contribution is 2.36. The van der Waals surface area contributed by atoms with Crippen LogP contribution in [-0.4, -0.2) is 45.1 Å². The molecular weight excluding hydrogens is 372 g/mol. The van der Waals surface area contributed by atoms with Crippen molar-refractivity contribution < 1.29 is 4.74 Å². The first-order valence-corrected chi connectivity index (χ1v) is 10.2. The van der Waals surface area contributed by atoms with E-state index in [1.54, 1.807) is 31.1 Å². The van der Waals surface area contributed by atoms with Crippen molar-refractivity contribution in [3.63, 3.8) is 0 Å². The number of para-hydroxylation sites is 1. The number of H-pyrrole nitrogens is 1. The molecule has 5 rings (SSSR count). The summed E-state index contributed by atoms with van der Waals surface area (Å²) in [5.74, 6) is 2.28. The van der Waals surface area contributed by atoms with Gasteiger partial charge in [0.15, 0.2) is 11.5 Å². The summed E-state index contributed by atoms with van der Waals surface area (Å²) in [6.07, 6.45) is 5.37. The number of rotatable bonds is 4. The Bertz CT molecular complexity index is 1100. The number of benzene rings is 1. The number of piperidine rings is 1. The lowest BCUT2D eigenvalue weighted by molar-refractivity contribution is 0.416. The van der Waals surface area contributed by atoms with Gasteiger partial charge in [-0.3, -0.25) is 0 Å². The van der Waals surface area contributed by atoms with Crippen LogP contribution in [0.2, 0.25) is 0 Å². The topological polar surface area (TPSA) is 79.8 Å². The molecule has 4 aromatic rings. The molecule has 1 fully saturated rings. The Morgan fingerprint density at radius 1 is 1.14 bits per heavy atom. The molecule has 1 N–H and O–H groups in total. The van der Waals surface area contributed by atoms with Gasteiger partial charge in [0.25, 0.3) is 0 Å². The van der Waals surface area contributed by atoms with Crippen molar-refractivity contribution in [3.8, 4) is 17.0 Å². The van der Waals surface area contributed by atoms with Gasteiger partial charge in [-0.05, 0) is 25.0 Å². The molecular formula is C20H20N6OS. The van der Waals surface area contributed by atoms with Gasteiger partial charge in [-0.2, -0.15) is 0 Å². The smallest absolute Gasteiger partial charge is 0.182 e. The third-order valence-corrected chi connectivity index (χ3v) is 6.26. The highest BCUT2D eigenvalue weighted by atomic mass is 32.1. The second kappa shape index (κ2) is 7.20. The van der Waals surface area contributed by atoms with Crippen LogP contribution in [0.15, 0.2) is 42.3 Å².